The first-order valence-corrected chi connectivity index (χ1v) is 8.23. The van der Waals surface area contributed by atoms with Gasteiger partial charge in [0.2, 0.25) is 6.10 Å². The van der Waals surface area contributed by atoms with Crippen LogP contribution >= 0.6 is 0 Å². The Morgan fingerprint density at radius 2 is 1.75 bits per heavy atom. The van der Waals surface area contributed by atoms with Crippen LogP contribution in [0.1, 0.15) is 12.0 Å². The molecule has 1 atom stereocenters. The summed E-state index contributed by atoms with van der Waals surface area (Å²) in [7, 11) is 0. The number of carbonyl (C=O) groups excluding carboxylic acids is 1. The summed E-state index contributed by atoms with van der Waals surface area (Å²) >= 11 is 0. The Hall–Kier alpha value is -2.75. The first kappa shape index (κ1) is 14.8. The van der Waals surface area contributed by atoms with Crippen LogP contribution in [0.5, 0.6) is 11.5 Å². The summed E-state index contributed by atoms with van der Waals surface area (Å²) in [6, 6.07) is 17.8. The summed E-state index contributed by atoms with van der Waals surface area (Å²) in [5, 5.41) is 0. The smallest absolute Gasteiger partial charge is 0.267 e. The van der Waals surface area contributed by atoms with Crippen LogP contribution < -0.4 is 9.47 Å². The molecule has 2 heterocycles. The van der Waals surface area contributed by atoms with Crippen molar-refractivity contribution in [2.45, 2.75) is 12.5 Å². The van der Waals surface area contributed by atoms with E-state index in [2.05, 4.69) is 18.2 Å². The third kappa shape index (κ3) is 2.87. The molecule has 0 saturated carbocycles. The van der Waals surface area contributed by atoms with Gasteiger partial charge in [0.25, 0.3) is 5.91 Å². The molecule has 0 N–H and O–H groups in total. The molecule has 0 bridgehead atoms. The standard InChI is InChI=1S/C20H19NO3/c22-20(19-14-23-17-8-4-5-9-18(17)24-19)21-12-10-16(11-13-21)15-6-2-1-3-7-15/h1-10,19H,11-14H2. The van der Waals surface area contributed by atoms with Gasteiger partial charge in [0.05, 0.1) is 0 Å². The summed E-state index contributed by atoms with van der Waals surface area (Å²) in [6.07, 6.45) is 2.43. The lowest BCUT2D eigenvalue weighted by Crippen LogP contribution is -2.47. The van der Waals surface area contributed by atoms with E-state index < -0.39 is 6.10 Å². The van der Waals surface area contributed by atoms with E-state index in [0.717, 1.165) is 6.42 Å². The number of hydrogen-bond donors (Lipinski definition) is 0. The average molecular weight is 321 g/mol. The fourth-order valence-corrected chi connectivity index (χ4v) is 3.13. The van der Waals surface area contributed by atoms with Gasteiger partial charge in [-0.3, -0.25) is 4.79 Å². The Bertz CT molecular complexity index is 769. The number of benzene rings is 2. The van der Waals surface area contributed by atoms with Gasteiger partial charge >= 0.3 is 0 Å². The highest BCUT2D eigenvalue weighted by Crippen LogP contribution is 2.31. The van der Waals surface area contributed by atoms with Gasteiger partial charge in [-0.1, -0.05) is 48.5 Å². The Kier molecular flexibility index (Phi) is 3.95. The maximum atomic E-state index is 12.7. The van der Waals surface area contributed by atoms with Crippen molar-refractivity contribution in [1.29, 1.82) is 0 Å². The lowest BCUT2D eigenvalue weighted by atomic mass is 9.99. The van der Waals surface area contributed by atoms with Gasteiger partial charge in [0, 0.05) is 13.1 Å². The Labute approximate surface area is 141 Å². The summed E-state index contributed by atoms with van der Waals surface area (Å²) in [4.78, 5) is 14.5. The van der Waals surface area contributed by atoms with E-state index in [1.54, 1.807) is 0 Å². The normalized spacial score (nSPS) is 19.6. The first-order chi connectivity index (χ1) is 11.8. The molecule has 2 aliphatic rings. The third-order valence-electron chi connectivity index (χ3n) is 4.45. The molecular weight excluding hydrogens is 302 g/mol. The summed E-state index contributed by atoms with van der Waals surface area (Å²) in [5.74, 6) is 1.33. The summed E-state index contributed by atoms with van der Waals surface area (Å²) < 4.78 is 11.5. The molecule has 122 valence electrons. The lowest BCUT2D eigenvalue weighted by Gasteiger charge is -2.32. The number of nitrogens with zero attached hydrogens (tertiary/aromatic N) is 1. The molecule has 4 nitrogen and oxygen atoms in total. The van der Waals surface area contributed by atoms with E-state index in [1.807, 2.05) is 47.4 Å². The average Bonchev–Trinajstić information content (AvgIpc) is 2.68. The van der Waals surface area contributed by atoms with Crippen LogP contribution in [0.25, 0.3) is 5.57 Å². The van der Waals surface area contributed by atoms with Crippen LogP contribution in [-0.2, 0) is 4.79 Å². The van der Waals surface area contributed by atoms with Crippen molar-refractivity contribution in [2.24, 2.45) is 0 Å². The molecule has 4 rings (SSSR count). The second-order valence-electron chi connectivity index (χ2n) is 5.99. The van der Waals surface area contributed by atoms with E-state index in [9.17, 15) is 4.79 Å². The van der Waals surface area contributed by atoms with Crippen LogP contribution in [0.15, 0.2) is 60.7 Å². The molecule has 0 spiro atoms. The van der Waals surface area contributed by atoms with E-state index >= 15 is 0 Å². The third-order valence-corrected chi connectivity index (χ3v) is 4.45. The Morgan fingerprint density at radius 3 is 2.50 bits per heavy atom. The molecule has 0 aliphatic carbocycles. The van der Waals surface area contributed by atoms with Crippen LogP contribution in [0.3, 0.4) is 0 Å². The van der Waals surface area contributed by atoms with Crippen molar-refractivity contribution < 1.29 is 14.3 Å². The molecule has 2 aromatic carbocycles. The van der Waals surface area contributed by atoms with Crippen LogP contribution in [0.2, 0.25) is 0 Å². The highest BCUT2D eigenvalue weighted by Gasteiger charge is 2.31. The van der Waals surface area contributed by atoms with Gasteiger partial charge in [-0.15, -0.1) is 0 Å². The number of amides is 1. The van der Waals surface area contributed by atoms with Crippen molar-refractivity contribution in [1.82, 2.24) is 4.90 Å². The SMILES string of the molecule is O=C(C1COc2ccccc2O1)N1CC=C(c2ccccc2)CC1. The highest BCUT2D eigenvalue weighted by atomic mass is 16.6. The van der Waals surface area contributed by atoms with Gasteiger partial charge < -0.3 is 14.4 Å². The molecule has 0 aromatic heterocycles. The number of fused-ring (bicyclic) bond motifs is 1. The van der Waals surface area contributed by atoms with Crippen molar-refractivity contribution in [3.63, 3.8) is 0 Å². The molecule has 2 aromatic rings. The molecule has 0 saturated heterocycles. The van der Waals surface area contributed by atoms with Gasteiger partial charge in [-0.25, -0.2) is 0 Å². The quantitative estimate of drug-likeness (QED) is 0.853. The zero-order valence-corrected chi connectivity index (χ0v) is 13.4. The first-order valence-electron chi connectivity index (χ1n) is 8.23. The van der Waals surface area contributed by atoms with Crippen LogP contribution in [0.4, 0.5) is 0 Å². The van der Waals surface area contributed by atoms with E-state index in [-0.39, 0.29) is 12.5 Å². The number of ether oxygens (including phenoxy) is 2. The van der Waals surface area contributed by atoms with Crippen molar-refractivity contribution in [3.05, 3.63) is 66.2 Å². The Balaban J connectivity index is 1.43. The molecule has 4 heteroatoms. The van der Waals surface area contributed by atoms with Gasteiger partial charge in [0.1, 0.15) is 6.61 Å². The minimum atomic E-state index is -0.563. The molecule has 1 amide bonds. The number of hydrogen-bond acceptors (Lipinski definition) is 3. The lowest BCUT2D eigenvalue weighted by molar-refractivity contribution is -0.140. The van der Waals surface area contributed by atoms with Crippen molar-refractivity contribution in [3.8, 4) is 11.5 Å². The van der Waals surface area contributed by atoms with Gasteiger partial charge in [-0.05, 0) is 29.7 Å². The highest BCUT2D eigenvalue weighted by molar-refractivity contribution is 5.83. The predicted molar refractivity (Wildman–Crippen MR) is 92.0 cm³/mol. The minimum Gasteiger partial charge on any atom is -0.485 e. The molecular formula is C20H19NO3. The molecule has 1 unspecified atom stereocenters. The molecule has 0 radical (unpaired) electrons. The fraction of sp³-hybridized carbons (Fsp3) is 0.250. The number of carbonyl (C=O) groups is 1. The minimum absolute atomic E-state index is 0.00661. The zero-order valence-electron chi connectivity index (χ0n) is 13.4. The van der Waals surface area contributed by atoms with Gasteiger partial charge in [0.15, 0.2) is 11.5 Å². The van der Waals surface area contributed by atoms with E-state index in [0.29, 0.717) is 24.6 Å². The van der Waals surface area contributed by atoms with Gasteiger partial charge in [-0.2, -0.15) is 0 Å². The molecule has 2 aliphatic heterocycles. The van der Waals surface area contributed by atoms with Crippen molar-refractivity contribution >= 4 is 11.5 Å². The number of para-hydroxylation sites is 2. The topological polar surface area (TPSA) is 38.8 Å². The van der Waals surface area contributed by atoms with E-state index in [1.165, 1.54) is 11.1 Å². The fourth-order valence-electron chi connectivity index (χ4n) is 3.13. The Morgan fingerprint density at radius 1 is 1.00 bits per heavy atom. The summed E-state index contributed by atoms with van der Waals surface area (Å²) in [6.45, 7) is 1.59. The predicted octanol–water partition coefficient (Wildman–Crippen LogP) is 3.14. The molecule has 24 heavy (non-hydrogen) atoms. The maximum absolute atomic E-state index is 12.7. The monoisotopic (exact) mass is 321 g/mol. The second-order valence-corrected chi connectivity index (χ2v) is 5.99. The molecule has 0 fully saturated rings. The van der Waals surface area contributed by atoms with Crippen LogP contribution in [0, 0.1) is 0 Å². The van der Waals surface area contributed by atoms with Crippen LogP contribution in [-0.4, -0.2) is 36.6 Å². The summed E-state index contributed by atoms with van der Waals surface area (Å²) in [5.41, 5.74) is 2.53. The number of rotatable bonds is 2. The largest absolute Gasteiger partial charge is 0.485 e. The second kappa shape index (κ2) is 6.40. The van der Waals surface area contributed by atoms with Crippen molar-refractivity contribution in [2.75, 3.05) is 19.7 Å². The van der Waals surface area contributed by atoms with E-state index in [4.69, 9.17) is 9.47 Å². The maximum Gasteiger partial charge on any atom is 0.267 e. The zero-order chi connectivity index (χ0) is 16.4.